The van der Waals surface area contributed by atoms with Crippen molar-refractivity contribution in [1.82, 2.24) is 5.32 Å². The van der Waals surface area contributed by atoms with Crippen LogP contribution in [0.4, 0.5) is 0 Å². The number of hydrogen-bond acceptors (Lipinski definition) is 1. The topological polar surface area (TPSA) is 12.0 Å². The van der Waals surface area contributed by atoms with Crippen LogP contribution >= 0.6 is 22.6 Å². The van der Waals surface area contributed by atoms with Crippen molar-refractivity contribution in [1.29, 1.82) is 0 Å². The molecule has 1 unspecified atom stereocenters. The highest BCUT2D eigenvalue weighted by atomic mass is 127. The molecule has 2 heteroatoms. The van der Waals surface area contributed by atoms with Gasteiger partial charge in [-0.05, 0) is 83.8 Å². The van der Waals surface area contributed by atoms with Gasteiger partial charge in [0.15, 0.2) is 0 Å². The summed E-state index contributed by atoms with van der Waals surface area (Å²) >= 11 is 2.38. The zero-order chi connectivity index (χ0) is 14.5. The van der Waals surface area contributed by atoms with Crippen molar-refractivity contribution in [3.8, 4) is 0 Å². The Kier molecular flexibility index (Phi) is 5.61. The van der Waals surface area contributed by atoms with Crippen LogP contribution in [-0.2, 0) is 0 Å². The Morgan fingerprint density at radius 3 is 2.40 bits per heavy atom. The van der Waals surface area contributed by atoms with Gasteiger partial charge in [0.1, 0.15) is 0 Å². The van der Waals surface area contributed by atoms with Crippen LogP contribution in [0.5, 0.6) is 0 Å². The molecule has 0 aromatic heterocycles. The zero-order valence-corrected chi connectivity index (χ0v) is 14.6. The van der Waals surface area contributed by atoms with Gasteiger partial charge >= 0.3 is 0 Å². The quantitative estimate of drug-likeness (QED) is 0.722. The Morgan fingerprint density at radius 1 is 1.00 bits per heavy atom. The standard InChI is InChI=1S/C18H22IN/c1-4-10-20-18(15-6-5-7-17(19)12-15)16-9-8-13(2)14(3)11-16/h5-9,11-12,18,20H,4,10H2,1-3H3. The van der Waals surface area contributed by atoms with Crippen molar-refractivity contribution < 1.29 is 0 Å². The monoisotopic (exact) mass is 379 g/mol. The first-order valence-corrected chi connectivity index (χ1v) is 8.25. The van der Waals surface area contributed by atoms with Gasteiger partial charge in [-0.1, -0.05) is 37.3 Å². The van der Waals surface area contributed by atoms with Gasteiger partial charge < -0.3 is 5.32 Å². The van der Waals surface area contributed by atoms with E-state index in [9.17, 15) is 0 Å². The molecule has 0 spiro atoms. The Balaban J connectivity index is 2.38. The van der Waals surface area contributed by atoms with Gasteiger partial charge in [0, 0.05) is 3.57 Å². The highest BCUT2D eigenvalue weighted by Crippen LogP contribution is 2.25. The SMILES string of the molecule is CCCNC(c1cccc(I)c1)c1ccc(C)c(C)c1. The maximum absolute atomic E-state index is 3.67. The zero-order valence-electron chi connectivity index (χ0n) is 12.4. The molecule has 1 nitrogen and oxygen atoms in total. The van der Waals surface area contributed by atoms with Crippen LogP contribution in [0.1, 0.15) is 41.6 Å². The molecule has 0 aliphatic rings. The van der Waals surface area contributed by atoms with Crippen LogP contribution < -0.4 is 5.32 Å². The smallest absolute Gasteiger partial charge is 0.0577 e. The fourth-order valence-electron chi connectivity index (χ4n) is 2.35. The molecule has 106 valence electrons. The highest BCUT2D eigenvalue weighted by Gasteiger charge is 2.14. The Bertz CT molecular complexity index is 577. The number of nitrogens with one attached hydrogen (secondary N) is 1. The van der Waals surface area contributed by atoms with Crippen LogP contribution in [0.2, 0.25) is 0 Å². The molecule has 0 heterocycles. The fraction of sp³-hybridized carbons (Fsp3) is 0.333. The molecule has 0 aliphatic heterocycles. The Morgan fingerprint density at radius 2 is 1.75 bits per heavy atom. The van der Waals surface area contributed by atoms with Gasteiger partial charge in [-0.2, -0.15) is 0 Å². The second-order valence-electron chi connectivity index (χ2n) is 5.29. The van der Waals surface area contributed by atoms with Gasteiger partial charge in [-0.25, -0.2) is 0 Å². The summed E-state index contributed by atoms with van der Waals surface area (Å²) in [5.41, 5.74) is 5.40. The van der Waals surface area contributed by atoms with E-state index in [1.165, 1.54) is 25.8 Å². The largest absolute Gasteiger partial charge is 0.306 e. The van der Waals surface area contributed by atoms with E-state index in [0.717, 1.165) is 13.0 Å². The maximum Gasteiger partial charge on any atom is 0.0577 e. The van der Waals surface area contributed by atoms with E-state index < -0.39 is 0 Å². The van der Waals surface area contributed by atoms with E-state index in [-0.39, 0.29) is 6.04 Å². The minimum atomic E-state index is 0.281. The lowest BCUT2D eigenvalue weighted by Gasteiger charge is -2.21. The summed E-state index contributed by atoms with van der Waals surface area (Å²) < 4.78 is 1.28. The summed E-state index contributed by atoms with van der Waals surface area (Å²) in [4.78, 5) is 0. The van der Waals surface area contributed by atoms with E-state index in [0.29, 0.717) is 0 Å². The number of halogens is 1. The average Bonchev–Trinajstić information content (AvgIpc) is 2.43. The van der Waals surface area contributed by atoms with Crippen molar-refractivity contribution >= 4 is 22.6 Å². The summed E-state index contributed by atoms with van der Waals surface area (Å²) in [6.07, 6.45) is 1.14. The lowest BCUT2D eigenvalue weighted by atomic mass is 9.95. The van der Waals surface area contributed by atoms with Crippen molar-refractivity contribution in [3.63, 3.8) is 0 Å². The van der Waals surface area contributed by atoms with Gasteiger partial charge in [-0.3, -0.25) is 0 Å². The molecular weight excluding hydrogens is 357 g/mol. The molecule has 1 atom stereocenters. The van der Waals surface area contributed by atoms with E-state index in [1.54, 1.807) is 0 Å². The third-order valence-electron chi connectivity index (χ3n) is 3.64. The van der Waals surface area contributed by atoms with Crippen molar-refractivity contribution in [2.75, 3.05) is 6.54 Å². The third kappa shape index (κ3) is 3.83. The van der Waals surface area contributed by atoms with Crippen LogP contribution in [0.3, 0.4) is 0 Å². The third-order valence-corrected chi connectivity index (χ3v) is 4.32. The molecular formula is C18H22IN. The molecule has 1 N–H and O–H groups in total. The maximum atomic E-state index is 3.67. The number of benzene rings is 2. The van der Waals surface area contributed by atoms with Crippen molar-refractivity contribution in [2.45, 2.75) is 33.2 Å². The molecule has 0 radical (unpaired) electrons. The molecule has 2 aromatic carbocycles. The average molecular weight is 379 g/mol. The van der Waals surface area contributed by atoms with E-state index in [4.69, 9.17) is 0 Å². The molecule has 0 amide bonds. The van der Waals surface area contributed by atoms with Crippen LogP contribution in [0.25, 0.3) is 0 Å². The molecule has 0 saturated carbocycles. The van der Waals surface area contributed by atoms with Gasteiger partial charge in [0.25, 0.3) is 0 Å². The lowest BCUT2D eigenvalue weighted by molar-refractivity contribution is 0.598. The van der Waals surface area contributed by atoms with Crippen molar-refractivity contribution in [3.05, 3.63) is 68.3 Å². The molecule has 0 aliphatic carbocycles. The Hall–Kier alpha value is -0.870. The van der Waals surface area contributed by atoms with E-state index in [2.05, 4.69) is 91.1 Å². The summed E-state index contributed by atoms with van der Waals surface area (Å²) in [6, 6.07) is 15.8. The van der Waals surface area contributed by atoms with Gasteiger partial charge in [0.05, 0.1) is 6.04 Å². The Labute approximate surface area is 135 Å². The second-order valence-corrected chi connectivity index (χ2v) is 6.53. The lowest BCUT2D eigenvalue weighted by Crippen LogP contribution is -2.23. The summed E-state index contributed by atoms with van der Waals surface area (Å²) in [6.45, 7) is 7.59. The molecule has 2 aromatic rings. The summed E-state index contributed by atoms with van der Waals surface area (Å²) in [5.74, 6) is 0. The van der Waals surface area contributed by atoms with Gasteiger partial charge in [0.2, 0.25) is 0 Å². The predicted octanol–water partition coefficient (Wildman–Crippen LogP) is 5.00. The molecule has 20 heavy (non-hydrogen) atoms. The van der Waals surface area contributed by atoms with Crippen LogP contribution in [0, 0.1) is 17.4 Å². The second kappa shape index (κ2) is 7.23. The van der Waals surface area contributed by atoms with Crippen molar-refractivity contribution in [2.24, 2.45) is 0 Å². The number of hydrogen-bond donors (Lipinski definition) is 1. The summed E-state index contributed by atoms with van der Waals surface area (Å²) in [7, 11) is 0. The minimum absolute atomic E-state index is 0.281. The van der Waals surface area contributed by atoms with Gasteiger partial charge in [-0.15, -0.1) is 0 Å². The first kappa shape index (κ1) is 15.5. The molecule has 2 rings (SSSR count). The number of rotatable bonds is 5. The first-order chi connectivity index (χ1) is 9.61. The van der Waals surface area contributed by atoms with E-state index >= 15 is 0 Å². The van der Waals surface area contributed by atoms with Crippen LogP contribution in [-0.4, -0.2) is 6.54 Å². The highest BCUT2D eigenvalue weighted by molar-refractivity contribution is 14.1. The first-order valence-electron chi connectivity index (χ1n) is 7.18. The fourth-order valence-corrected chi connectivity index (χ4v) is 2.91. The predicted molar refractivity (Wildman–Crippen MR) is 95.2 cm³/mol. The van der Waals surface area contributed by atoms with E-state index in [1.807, 2.05) is 0 Å². The molecule has 0 fully saturated rings. The summed E-state index contributed by atoms with van der Waals surface area (Å²) in [5, 5.41) is 3.67. The molecule has 0 bridgehead atoms. The van der Waals surface area contributed by atoms with Crippen LogP contribution in [0.15, 0.2) is 42.5 Å². The minimum Gasteiger partial charge on any atom is -0.306 e. The number of aryl methyl sites for hydroxylation is 2. The molecule has 0 saturated heterocycles. The normalized spacial score (nSPS) is 12.4.